The van der Waals surface area contributed by atoms with Crippen molar-refractivity contribution in [1.29, 1.82) is 0 Å². The molecule has 1 rings (SSSR count). The molecule has 0 radical (unpaired) electrons. The summed E-state index contributed by atoms with van der Waals surface area (Å²) in [5.74, 6) is 1.31. The molecule has 0 nitrogen and oxygen atoms in total. The number of allylic oxidation sites excluding steroid dienone is 3. The first kappa shape index (κ1) is 13.9. The van der Waals surface area contributed by atoms with Crippen molar-refractivity contribution < 1.29 is 0 Å². The molecule has 0 bridgehead atoms. The molecule has 0 saturated carbocycles. The van der Waals surface area contributed by atoms with Gasteiger partial charge in [-0.15, -0.1) is 11.8 Å². The van der Waals surface area contributed by atoms with Gasteiger partial charge in [-0.2, -0.15) is 0 Å². The molecular formula is C15H26S. The van der Waals surface area contributed by atoms with Crippen LogP contribution < -0.4 is 0 Å². The lowest BCUT2D eigenvalue weighted by atomic mass is 10.0. The van der Waals surface area contributed by atoms with Crippen molar-refractivity contribution >= 4 is 11.8 Å². The maximum Gasteiger partial charge on any atom is -0.00259 e. The molecule has 0 aromatic rings. The van der Waals surface area contributed by atoms with E-state index in [4.69, 9.17) is 0 Å². The van der Waals surface area contributed by atoms with E-state index in [-0.39, 0.29) is 0 Å². The van der Waals surface area contributed by atoms with Crippen LogP contribution in [0.3, 0.4) is 0 Å². The van der Waals surface area contributed by atoms with E-state index in [9.17, 15) is 0 Å². The second-order valence-electron chi connectivity index (χ2n) is 4.63. The van der Waals surface area contributed by atoms with Gasteiger partial charge in [-0.05, 0) is 42.4 Å². The highest BCUT2D eigenvalue weighted by Gasteiger charge is 1.98. The zero-order chi connectivity index (χ0) is 11.5. The van der Waals surface area contributed by atoms with Crippen LogP contribution in [0.1, 0.15) is 64.7 Å². The minimum absolute atomic E-state index is 1.28. The highest BCUT2D eigenvalue weighted by molar-refractivity contribution is 8.02. The van der Waals surface area contributed by atoms with Gasteiger partial charge in [-0.1, -0.05) is 51.2 Å². The Labute approximate surface area is 106 Å². The molecule has 0 atom stereocenters. The first-order valence-electron chi connectivity index (χ1n) is 6.90. The molecule has 0 aliphatic heterocycles. The summed E-state index contributed by atoms with van der Waals surface area (Å²) in [7, 11) is 0. The summed E-state index contributed by atoms with van der Waals surface area (Å²) in [6.07, 6.45) is 17.0. The van der Waals surface area contributed by atoms with Gasteiger partial charge < -0.3 is 0 Å². The minimum atomic E-state index is 1.28. The fourth-order valence-electron chi connectivity index (χ4n) is 1.97. The molecule has 0 N–H and O–H groups in total. The average molecular weight is 238 g/mol. The Bertz CT molecular complexity index is 215. The molecule has 0 fully saturated rings. The molecule has 0 saturated heterocycles. The number of rotatable bonds is 8. The normalized spacial score (nSPS) is 18.2. The maximum absolute atomic E-state index is 2.38. The average Bonchev–Trinajstić information content (AvgIpc) is 2.34. The van der Waals surface area contributed by atoms with Crippen molar-refractivity contribution in [2.75, 3.05) is 5.75 Å². The smallest absolute Gasteiger partial charge is 0.00259 e. The molecule has 1 aliphatic rings. The number of unbranched alkanes of at least 4 members (excludes halogenated alkanes) is 5. The monoisotopic (exact) mass is 238 g/mol. The van der Waals surface area contributed by atoms with Crippen LogP contribution >= 0.6 is 11.8 Å². The molecule has 0 unspecified atom stereocenters. The van der Waals surface area contributed by atoms with Crippen molar-refractivity contribution in [1.82, 2.24) is 0 Å². The molecule has 1 aliphatic carbocycles. The van der Waals surface area contributed by atoms with Crippen molar-refractivity contribution in [3.05, 3.63) is 23.1 Å². The Morgan fingerprint density at radius 3 is 2.75 bits per heavy atom. The molecule has 0 spiro atoms. The fraction of sp³-hybridized carbons (Fsp3) is 0.733. The van der Waals surface area contributed by atoms with Gasteiger partial charge in [0.25, 0.3) is 0 Å². The van der Waals surface area contributed by atoms with E-state index in [1.165, 1.54) is 63.5 Å². The second kappa shape index (κ2) is 10.0. The summed E-state index contributed by atoms with van der Waals surface area (Å²) in [4.78, 5) is 0. The Hall–Kier alpha value is -0.170. The van der Waals surface area contributed by atoms with Crippen LogP contribution in [0.15, 0.2) is 23.1 Å². The van der Waals surface area contributed by atoms with Gasteiger partial charge in [0.2, 0.25) is 0 Å². The van der Waals surface area contributed by atoms with Crippen LogP contribution in [-0.4, -0.2) is 5.75 Å². The minimum Gasteiger partial charge on any atom is -0.134 e. The van der Waals surface area contributed by atoms with E-state index in [0.29, 0.717) is 0 Å². The van der Waals surface area contributed by atoms with Crippen molar-refractivity contribution in [3.63, 3.8) is 0 Å². The highest BCUT2D eigenvalue weighted by atomic mass is 32.2. The molecule has 0 aromatic carbocycles. The highest BCUT2D eigenvalue weighted by Crippen LogP contribution is 2.20. The summed E-state index contributed by atoms with van der Waals surface area (Å²) >= 11 is 2.01. The van der Waals surface area contributed by atoms with E-state index >= 15 is 0 Å². The lowest BCUT2D eigenvalue weighted by molar-refractivity contribution is 0.627. The van der Waals surface area contributed by atoms with Gasteiger partial charge in [-0.3, -0.25) is 0 Å². The number of hydrogen-bond acceptors (Lipinski definition) is 1. The molecule has 92 valence electrons. The summed E-state index contributed by atoms with van der Waals surface area (Å²) in [5.41, 5.74) is 1.54. The topological polar surface area (TPSA) is 0 Å². The van der Waals surface area contributed by atoms with Crippen LogP contribution in [-0.2, 0) is 0 Å². The van der Waals surface area contributed by atoms with Crippen LogP contribution in [0.5, 0.6) is 0 Å². The van der Waals surface area contributed by atoms with Crippen LogP contribution in [0, 0.1) is 0 Å². The third-order valence-corrected chi connectivity index (χ3v) is 4.01. The molecule has 1 heteroatoms. The van der Waals surface area contributed by atoms with Gasteiger partial charge in [0.15, 0.2) is 0 Å². The van der Waals surface area contributed by atoms with E-state index in [0.717, 1.165) is 0 Å². The summed E-state index contributed by atoms with van der Waals surface area (Å²) in [6, 6.07) is 0. The van der Waals surface area contributed by atoms with Crippen LogP contribution in [0.2, 0.25) is 0 Å². The summed E-state index contributed by atoms with van der Waals surface area (Å²) < 4.78 is 0. The van der Waals surface area contributed by atoms with E-state index < -0.39 is 0 Å². The number of thioether (sulfide) groups is 1. The third-order valence-electron chi connectivity index (χ3n) is 3.02. The lowest BCUT2D eigenvalue weighted by Crippen LogP contribution is -1.86. The van der Waals surface area contributed by atoms with Gasteiger partial charge in [0.05, 0.1) is 0 Å². The molecule has 0 heterocycles. The van der Waals surface area contributed by atoms with E-state index in [1.54, 1.807) is 5.57 Å². The standard InChI is InChI=1S/C15H26S/c1-2-3-4-5-6-10-13-16-14-15-11-8-7-9-12-15/h8,11,14H,2-7,9-10,12-13H2,1H3. The Morgan fingerprint density at radius 1 is 1.19 bits per heavy atom. The predicted octanol–water partition coefficient (Wildman–Crippen LogP) is 5.70. The molecule has 0 aromatic heterocycles. The predicted molar refractivity (Wildman–Crippen MR) is 76.9 cm³/mol. The van der Waals surface area contributed by atoms with E-state index in [1.807, 2.05) is 11.8 Å². The number of hydrogen-bond donors (Lipinski definition) is 0. The largest absolute Gasteiger partial charge is 0.134 e. The van der Waals surface area contributed by atoms with Crippen LogP contribution in [0.4, 0.5) is 0 Å². The fourth-order valence-corrected chi connectivity index (χ4v) is 2.87. The second-order valence-corrected chi connectivity index (χ2v) is 5.60. The SMILES string of the molecule is CCCCCCCCSC=C1C=CCCC1. The van der Waals surface area contributed by atoms with Gasteiger partial charge >= 0.3 is 0 Å². The molecular weight excluding hydrogens is 212 g/mol. The van der Waals surface area contributed by atoms with Crippen molar-refractivity contribution in [2.45, 2.75) is 64.7 Å². The lowest BCUT2D eigenvalue weighted by Gasteiger charge is -2.06. The van der Waals surface area contributed by atoms with Crippen molar-refractivity contribution in [2.24, 2.45) is 0 Å². The Kier molecular flexibility index (Phi) is 8.70. The van der Waals surface area contributed by atoms with Crippen molar-refractivity contribution in [3.8, 4) is 0 Å². The van der Waals surface area contributed by atoms with Gasteiger partial charge in [0.1, 0.15) is 0 Å². The summed E-state index contributed by atoms with van der Waals surface area (Å²) in [5, 5.41) is 2.38. The first-order valence-corrected chi connectivity index (χ1v) is 7.95. The third kappa shape index (κ3) is 7.16. The molecule has 0 amide bonds. The maximum atomic E-state index is 2.38. The van der Waals surface area contributed by atoms with E-state index in [2.05, 4.69) is 24.5 Å². The summed E-state index contributed by atoms with van der Waals surface area (Å²) in [6.45, 7) is 2.28. The zero-order valence-corrected chi connectivity index (χ0v) is 11.5. The Balaban J connectivity index is 1.91. The van der Waals surface area contributed by atoms with Gasteiger partial charge in [-0.25, -0.2) is 0 Å². The first-order chi connectivity index (χ1) is 7.93. The Morgan fingerprint density at radius 2 is 2.00 bits per heavy atom. The molecule has 16 heavy (non-hydrogen) atoms. The zero-order valence-electron chi connectivity index (χ0n) is 10.7. The van der Waals surface area contributed by atoms with Crippen LogP contribution in [0.25, 0.3) is 0 Å². The quantitative estimate of drug-likeness (QED) is 0.488. The van der Waals surface area contributed by atoms with Gasteiger partial charge in [0, 0.05) is 0 Å².